The fourth-order valence-corrected chi connectivity index (χ4v) is 3.93. The van der Waals surface area contributed by atoms with Gasteiger partial charge >= 0.3 is 0 Å². The Morgan fingerprint density at radius 3 is 2.21 bits per heavy atom. The number of carbonyl (C=O) groups is 1. The molecule has 0 aliphatic heterocycles. The van der Waals surface area contributed by atoms with Crippen LogP contribution in [-0.4, -0.2) is 12.4 Å². The Morgan fingerprint density at radius 1 is 0.909 bits per heavy atom. The largest absolute Gasteiger partial charge is 0.478 e. The number of hydrogen-bond acceptors (Lipinski definition) is 4. The quantitative estimate of drug-likeness (QED) is 0.310. The van der Waals surface area contributed by atoms with Crippen molar-refractivity contribution in [2.75, 3.05) is 6.61 Å². The third-order valence-electron chi connectivity index (χ3n) is 5.84. The predicted octanol–water partition coefficient (Wildman–Crippen LogP) is 6.77. The monoisotopic (exact) mass is 440 g/mol. The van der Waals surface area contributed by atoms with Gasteiger partial charge in [-0.15, -0.1) is 0 Å². The molecule has 0 aliphatic carbocycles. The van der Waals surface area contributed by atoms with E-state index in [1.165, 1.54) is 0 Å². The van der Waals surface area contributed by atoms with Gasteiger partial charge in [0.2, 0.25) is 11.2 Å². The van der Waals surface area contributed by atoms with Crippen LogP contribution in [0.5, 0.6) is 5.75 Å². The van der Waals surface area contributed by atoms with E-state index in [9.17, 15) is 9.59 Å². The zero-order chi connectivity index (χ0) is 23.7. The number of benzene rings is 3. The second-order valence-electron chi connectivity index (χ2n) is 8.90. The van der Waals surface area contributed by atoms with Gasteiger partial charge in [0.05, 0.1) is 5.39 Å². The Morgan fingerprint density at radius 2 is 1.58 bits per heavy atom. The highest BCUT2D eigenvalue weighted by Crippen LogP contribution is 2.33. The van der Waals surface area contributed by atoms with Crippen molar-refractivity contribution >= 4 is 16.8 Å². The maximum atomic E-state index is 13.5. The van der Waals surface area contributed by atoms with Crippen LogP contribution in [-0.2, 0) is 0 Å². The number of Topliss-reactive ketones (excluding diaryl/α,β-unsaturated/α-hetero) is 1. The molecule has 4 aromatic rings. The molecule has 0 amide bonds. The minimum atomic E-state index is -0.276. The molecule has 0 atom stereocenters. The maximum Gasteiger partial charge on any atom is 0.235 e. The third kappa shape index (κ3) is 4.61. The first kappa shape index (κ1) is 22.5. The molecular formula is C29H28O4. The Hall–Kier alpha value is -3.66. The topological polar surface area (TPSA) is 56.5 Å². The van der Waals surface area contributed by atoms with Crippen LogP contribution < -0.4 is 10.2 Å². The Balaban J connectivity index is 1.75. The van der Waals surface area contributed by atoms with Crippen molar-refractivity contribution in [1.82, 2.24) is 0 Å². The standard InChI is InChI=1S/C29H28O4/c1-17(2)21-10-12-22(13-11-21)25(30)16-32-29-26(31)24-15-19(4)14-20(5)27(24)33-28(29)23-8-6-18(3)7-9-23/h6-15,17H,16H2,1-5H3. The van der Waals surface area contributed by atoms with Crippen molar-refractivity contribution in [3.8, 4) is 17.1 Å². The minimum absolute atomic E-state index is 0.0588. The lowest BCUT2D eigenvalue weighted by atomic mass is 10.0. The van der Waals surface area contributed by atoms with Gasteiger partial charge in [-0.25, -0.2) is 0 Å². The van der Waals surface area contributed by atoms with E-state index >= 15 is 0 Å². The molecule has 4 rings (SSSR count). The molecule has 3 aromatic carbocycles. The lowest BCUT2D eigenvalue weighted by Gasteiger charge is -2.13. The highest BCUT2D eigenvalue weighted by molar-refractivity contribution is 5.97. The summed E-state index contributed by atoms with van der Waals surface area (Å²) in [5.41, 5.74) is 5.62. The summed E-state index contributed by atoms with van der Waals surface area (Å²) in [4.78, 5) is 26.3. The summed E-state index contributed by atoms with van der Waals surface area (Å²) in [5.74, 6) is 0.586. The second-order valence-corrected chi connectivity index (χ2v) is 8.90. The molecule has 4 heteroatoms. The van der Waals surface area contributed by atoms with E-state index in [0.717, 1.165) is 27.8 Å². The number of carbonyl (C=O) groups excluding carboxylic acids is 1. The molecule has 0 saturated carbocycles. The summed E-state index contributed by atoms with van der Waals surface area (Å²) in [7, 11) is 0. The van der Waals surface area contributed by atoms with E-state index in [2.05, 4.69) is 13.8 Å². The van der Waals surface area contributed by atoms with E-state index in [1.54, 1.807) is 18.2 Å². The van der Waals surface area contributed by atoms with Crippen LogP contribution in [0.15, 0.2) is 69.9 Å². The van der Waals surface area contributed by atoms with Crippen molar-refractivity contribution in [3.63, 3.8) is 0 Å². The zero-order valence-electron chi connectivity index (χ0n) is 19.7. The van der Waals surface area contributed by atoms with Crippen LogP contribution in [0.25, 0.3) is 22.3 Å². The third-order valence-corrected chi connectivity index (χ3v) is 5.84. The van der Waals surface area contributed by atoms with Crippen molar-refractivity contribution in [3.05, 3.63) is 98.7 Å². The van der Waals surface area contributed by atoms with Crippen LogP contribution in [0.2, 0.25) is 0 Å². The fourth-order valence-electron chi connectivity index (χ4n) is 3.93. The molecule has 0 fully saturated rings. The summed E-state index contributed by atoms with van der Waals surface area (Å²) in [5, 5.41) is 0.451. The van der Waals surface area contributed by atoms with Gasteiger partial charge in [-0.2, -0.15) is 0 Å². The van der Waals surface area contributed by atoms with E-state index in [-0.39, 0.29) is 23.6 Å². The molecule has 0 radical (unpaired) electrons. The lowest BCUT2D eigenvalue weighted by Crippen LogP contribution is -2.17. The van der Waals surface area contributed by atoms with Crippen LogP contribution >= 0.6 is 0 Å². The highest BCUT2D eigenvalue weighted by Gasteiger charge is 2.20. The van der Waals surface area contributed by atoms with Gasteiger partial charge in [-0.05, 0) is 49.4 Å². The van der Waals surface area contributed by atoms with Crippen LogP contribution in [0.4, 0.5) is 0 Å². The molecule has 0 aliphatic rings. The average Bonchev–Trinajstić information content (AvgIpc) is 2.79. The van der Waals surface area contributed by atoms with Crippen LogP contribution in [0.3, 0.4) is 0 Å². The Bertz CT molecular complexity index is 1370. The van der Waals surface area contributed by atoms with E-state index in [1.807, 2.05) is 63.2 Å². The summed E-state index contributed by atoms with van der Waals surface area (Å²) in [6, 6.07) is 19.0. The van der Waals surface area contributed by atoms with E-state index < -0.39 is 0 Å². The first-order chi connectivity index (χ1) is 15.7. The number of hydrogen-bond donors (Lipinski definition) is 0. The fraction of sp³-hybridized carbons (Fsp3) is 0.241. The van der Waals surface area contributed by atoms with Crippen LogP contribution in [0.1, 0.15) is 52.4 Å². The highest BCUT2D eigenvalue weighted by atomic mass is 16.5. The number of ketones is 1. The van der Waals surface area contributed by atoms with Crippen molar-refractivity contribution in [1.29, 1.82) is 0 Å². The zero-order valence-corrected chi connectivity index (χ0v) is 19.7. The van der Waals surface area contributed by atoms with Gasteiger partial charge in [0.1, 0.15) is 5.58 Å². The molecule has 0 spiro atoms. The van der Waals surface area contributed by atoms with Crippen molar-refractivity contribution in [2.24, 2.45) is 0 Å². The van der Waals surface area contributed by atoms with Gasteiger partial charge in [0.25, 0.3) is 0 Å². The van der Waals surface area contributed by atoms with Gasteiger partial charge in [0.15, 0.2) is 18.2 Å². The van der Waals surface area contributed by atoms with Gasteiger partial charge in [-0.3, -0.25) is 9.59 Å². The Labute approximate surface area is 193 Å². The molecule has 0 bridgehead atoms. The summed E-state index contributed by atoms with van der Waals surface area (Å²) < 4.78 is 12.1. The van der Waals surface area contributed by atoms with Gasteiger partial charge in [0, 0.05) is 11.1 Å². The number of fused-ring (bicyclic) bond motifs is 1. The first-order valence-corrected chi connectivity index (χ1v) is 11.2. The summed E-state index contributed by atoms with van der Waals surface area (Å²) >= 11 is 0. The minimum Gasteiger partial charge on any atom is -0.478 e. The number of rotatable bonds is 6. The molecule has 33 heavy (non-hydrogen) atoms. The molecule has 0 unspecified atom stereocenters. The normalized spacial score (nSPS) is 11.2. The smallest absolute Gasteiger partial charge is 0.235 e. The molecule has 4 nitrogen and oxygen atoms in total. The molecule has 168 valence electrons. The molecular weight excluding hydrogens is 412 g/mol. The Kier molecular flexibility index (Phi) is 6.19. The van der Waals surface area contributed by atoms with Crippen molar-refractivity contribution in [2.45, 2.75) is 40.5 Å². The SMILES string of the molecule is Cc1ccc(-c2oc3c(C)cc(C)cc3c(=O)c2OCC(=O)c2ccc(C(C)C)cc2)cc1. The summed E-state index contributed by atoms with van der Waals surface area (Å²) in [6.45, 7) is 9.81. The molecule has 0 N–H and O–H groups in total. The molecule has 1 aromatic heterocycles. The number of aryl methyl sites for hydroxylation is 3. The second kappa shape index (κ2) is 9.07. The predicted molar refractivity (Wildman–Crippen MR) is 132 cm³/mol. The van der Waals surface area contributed by atoms with E-state index in [4.69, 9.17) is 9.15 Å². The van der Waals surface area contributed by atoms with Crippen molar-refractivity contribution < 1.29 is 13.9 Å². The number of ether oxygens (including phenoxy) is 1. The van der Waals surface area contributed by atoms with Gasteiger partial charge < -0.3 is 9.15 Å². The summed E-state index contributed by atoms with van der Waals surface area (Å²) in [6.07, 6.45) is 0. The maximum absolute atomic E-state index is 13.5. The van der Waals surface area contributed by atoms with Gasteiger partial charge in [-0.1, -0.05) is 74.0 Å². The molecule has 0 saturated heterocycles. The molecule has 1 heterocycles. The first-order valence-electron chi connectivity index (χ1n) is 11.2. The van der Waals surface area contributed by atoms with Crippen LogP contribution in [0, 0.1) is 20.8 Å². The lowest BCUT2D eigenvalue weighted by molar-refractivity contribution is 0.0920. The average molecular weight is 441 g/mol. The van der Waals surface area contributed by atoms with E-state index in [0.29, 0.717) is 28.2 Å².